The fraction of sp³-hybridized carbons (Fsp3) is 0.0909. The van der Waals surface area contributed by atoms with Crippen LogP contribution in [0.3, 0.4) is 0 Å². The highest BCUT2D eigenvalue weighted by atomic mass is 35.5. The second kappa shape index (κ2) is 9.21. The molecule has 0 unspecified atom stereocenters. The van der Waals surface area contributed by atoms with Gasteiger partial charge >= 0.3 is 5.97 Å². The molecule has 1 atom stereocenters. The first kappa shape index (κ1) is 20.4. The van der Waals surface area contributed by atoms with Gasteiger partial charge in [-0.3, -0.25) is 4.79 Å². The molecule has 0 fully saturated rings. The normalized spacial score (nSPS) is 11.4. The van der Waals surface area contributed by atoms with E-state index in [-0.39, 0.29) is 5.56 Å². The predicted molar refractivity (Wildman–Crippen MR) is 108 cm³/mol. The molecule has 0 bridgehead atoms. The molecule has 7 heteroatoms. The summed E-state index contributed by atoms with van der Waals surface area (Å²) >= 11 is 6.09. The molecule has 29 heavy (non-hydrogen) atoms. The van der Waals surface area contributed by atoms with Crippen LogP contribution in [0.2, 0.25) is 5.02 Å². The molecule has 0 aromatic heterocycles. The van der Waals surface area contributed by atoms with Crippen LogP contribution in [-0.4, -0.2) is 19.0 Å². The maximum Gasteiger partial charge on any atom is 0.342 e. The van der Waals surface area contributed by atoms with E-state index >= 15 is 0 Å². The number of methoxy groups -OCH3 is 1. The van der Waals surface area contributed by atoms with E-state index in [1.165, 1.54) is 31.4 Å². The van der Waals surface area contributed by atoms with Gasteiger partial charge < -0.3 is 14.8 Å². The van der Waals surface area contributed by atoms with E-state index in [1.54, 1.807) is 42.5 Å². The Morgan fingerprint density at radius 2 is 1.69 bits per heavy atom. The Morgan fingerprint density at radius 1 is 1.00 bits per heavy atom. The molecule has 0 aliphatic carbocycles. The summed E-state index contributed by atoms with van der Waals surface area (Å²) in [5.41, 5.74) is 0.576. The Labute approximate surface area is 172 Å². The molecule has 5 nitrogen and oxygen atoms in total. The zero-order valence-corrected chi connectivity index (χ0v) is 16.2. The van der Waals surface area contributed by atoms with Crippen LogP contribution in [0.15, 0.2) is 72.8 Å². The quantitative estimate of drug-likeness (QED) is 0.576. The van der Waals surface area contributed by atoms with Gasteiger partial charge in [0, 0.05) is 11.3 Å². The average molecular weight is 414 g/mol. The Kier molecular flexibility index (Phi) is 6.46. The van der Waals surface area contributed by atoms with E-state index in [1.807, 2.05) is 0 Å². The molecule has 0 saturated heterocycles. The van der Waals surface area contributed by atoms with Crippen LogP contribution in [-0.2, 0) is 9.53 Å². The third-order valence-electron chi connectivity index (χ3n) is 4.08. The maximum absolute atomic E-state index is 13.9. The van der Waals surface area contributed by atoms with Gasteiger partial charge in [0.05, 0.1) is 17.7 Å². The minimum atomic E-state index is -1.29. The largest absolute Gasteiger partial charge is 0.495 e. The summed E-state index contributed by atoms with van der Waals surface area (Å²) in [5.74, 6) is -1.83. The van der Waals surface area contributed by atoms with E-state index in [4.69, 9.17) is 21.1 Å². The lowest BCUT2D eigenvalue weighted by Crippen LogP contribution is -2.26. The molecule has 1 N–H and O–H groups in total. The summed E-state index contributed by atoms with van der Waals surface area (Å²) in [4.78, 5) is 25.3. The van der Waals surface area contributed by atoms with Crippen molar-refractivity contribution in [3.05, 3.63) is 94.8 Å². The van der Waals surface area contributed by atoms with Crippen LogP contribution in [0.25, 0.3) is 0 Å². The van der Waals surface area contributed by atoms with Crippen LogP contribution in [0, 0.1) is 5.82 Å². The highest BCUT2D eigenvalue weighted by Crippen LogP contribution is 2.28. The minimum Gasteiger partial charge on any atom is -0.495 e. The van der Waals surface area contributed by atoms with Crippen molar-refractivity contribution in [2.75, 3.05) is 12.4 Å². The van der Waals surface area contributed by atoms with Gasteiger partial charge in [0.25, 0.3) is 5.91 Å². The van der Waals surface area contributed by atoms with Crippen LogP contribution in [0.4, 0.5) is 10.1 Å². The first-order chi connectivity index (χ1) is 14.0. The monoisotopic (exact) mass is 413 g/mol. The predicted octanol–water partition coefficient (Wildman–Crippen LogP) is 5.02. The molecule has 0 aliphatic rings. The zero-order chi connectivity index (χ0) is 20.8. The molecule has 148 valence electrons. The number of amides is 1. The van der Waals surface area contributed by atoms with Gasteiger partial charge in [0.1, 0.15) is 11.6 Å². The van der Waals surface area contributed by atoms with E-state index in [9.17, 15) is 14.0 Å². The lowest BCUT2D eigenvalue weighted by atomic mass is 10.1. The number of anilines is 1. The van der Waals surface area contributed by atoms with Crippen molar-refractivity contribution in [1.82, 2.24) is 0 Å². The fourth-order valence-corrected chi connectivity index (χ4v) is 2.91. The second-order valence-corrected chi connectivity index (χ2v) is 6.42. The fourth-order valence-electron chi connectivity index (χ4n) is 2.65. The number of ether oxygens (including phenoxy) is 2. The van der Waals surface area contributed by atoms with Crippen LogP contribution < -0.4 is 10.1 Å². The highest BCUT2D eigenvalue weighted by Gasteiger charge is 2.27. The van der Waals surface area contributed by atoms with Gasteiger partial charge in [-0.05, 0) is 30.3 Å². The molecule has 0 radical (unpaired) electrons. The lowest BCUT2D eigenvalue weighted by Gasteiger charge is -2.18. The van der Waals surface area contributed by atoms with Gasteiger partial charge in [-0.2, -0.15) is 0 Å². The first-order valence-corrected chi connectivity index (χ1v) is 9.02. The van der Waals surface area contributed by atoms with Crippen molar-refractivity contribution in [3.63, 3.8) is 0 Å². The number of benzene rings is 3. The number of esters is 1. The molecule has 3 aromatic rings. The van der Waals surface area contributed by atoms with Crippen LogP contribution in [0.5, 0.6) is 5.75 Å². The molecule has 0 heterocycles. The number of carbonyl (C=O) groups is 2. The Bertz CT molecular complexity index is 1030. The zero-order valence-electron chi connectivity index (χ0n) is 15.4. The lowest BCUT2D eigenvalue weighted by molar-refractivity contribution is -0.125. The third-order valence-corrected chi connectivity index (χ3v) is 4.37. The van der Waals surface area contributed by atoms with Crippen molar-refractivity contribution in [2.45, 2.75) is 6.10 Å². The molecule has 1 amide bonds. The summed E-state index contributed by atoms with van der Waals surface area (Å²) in [6, 6.07) is 18.6. The molecule has 3 rings (SSSR count). The molecule has 3 aromatic carbocycles. The number of hydrogen-bond acceptors (Lipinski definition) is 4. The maximum atomic E-state index is 13.9. The Balaban J connectivity index is 1.86. The van der Waals surface area contributed by atoms with Gasteiger partial charge in [-0.15, -0.1) is 0 Å². The van der Waals surface area contributed by atoms with Gasteiger partial charge in [0.15, 0.2) is 0 Å². The first-order valence-electron chi connectivity index (χ1n) is 8.64. The number of nitrogens with one attached hydrogen (secondary N) is 1. The van der Waals surface area contributed by atoms with E-state index in [2.05, 4.69) is 5.32 Å². The van der Waals surface area contributed by atoms with Crippen molar-refractivity contribution >= 4 is 29.2 Å². The van der Waals surface area contributed by atoms with E-state index in [0.29, 0.717) is 22.0 Å². The number of halogens is 2. The molecule has 0 aliphatic heterocycles. The molecule has 0 saturated carbocycles. The summed E-state index contributed by atoms with van der Waals surface area (Å²) in [5, 5.41) is 2.96. The van der Waals surface area contributed by atoms with Crippen LogP contribution in [0.1, 0.15) is 22.0 Å². The molecular formula is C22H17ClFNO4. The standard InChI is InChI=1S/C22H17ClFNO4/c1-28-19-12-11-15(13-17(19)23)25-21(26)20(14-7-3-2-4-8-14)29-22(27)16-9-5-6-10-18(16)24/h2-13,20H,1H3,(H,25,26)/t20-/m0/s1. The van der Waals surface area contributed by atoms with Gasteiger partial charge in [0.2, 0.25) is 6.10 Å². The number of hydrogen-bond donors (Lipinski definition) is 1. The summed E-state index contributed by atoms with van der Waals surface area (Å²) < 4.78 is 24.4. The highest BCUT2D eigenvalue weighted by molar-refractivity contribution is 6.32. The number of carbonyl (C=O) groups excluding carboxylic acids is 2. The average Bonchev–Trinajstić information content (AvgIpc) is 2.73. The minimum absolute atomic E-state index is 0.256. The third kappa shape index (κ3) is 4.92. The summed E-state index contributed by atoms with van der Waals surface area (Å²) in [7, 11) is 1.48. The van der Waals surface area contributed by atoms with Gasteiger partial charge in [-0.1, -0.05) is 54.1 Å². The molecule has 0 spiro atoms. The summed E-state index contributed by atoms with van der Waals surface area (Å²) in [6.45, 7) is 0. The van der Waals surface area contributed by atoms with Crippen molar-refractivity contribution in [3.8, 4) is 5.75 Å². The van der Waals surface area contributed by atoms with Crippen molar-refractivity contribution in [1.29, 1.82) is 0 Å². The Hall–Kier alpha value is -3.38. The smallest absolute Gasteiger partial charge is 0.342 e. The van der Waals surface area contributed by atoms with E-state index in [0.717, 1.165) is 6.07 Å². The molecular weight excluding hydrogens is 397 g/mol. The number of rotatable bonds is 6. The second-order valence-electron chi connectivity index (χ2n) is 6.01. The van der Waals surface area contributed by atoms with Crippen molar-refractivity contribution in [2.24, 2.45) is 0 Å². The van der Waals surface area contributed by atoms with Crippen molar-refractivity contribution < 1.29 is 23.5 Å². The van der Waals surface area contributed by atoms with E-state index < -0.39 is 23.8 Å². The van der Waals surface area contributed by atoms with Gasteiger partial charge in [-0.25, -0.2) is 9.18 Å². The summed E-state index contributed by atoms with van der Waals surface area (Å²) in [6.07, 6.45) is -1.29. The SMILES string of the molecule is COc1ccc(NC(=O)[C@@H](OC(=O)c2ccccc2F)c2ccccc2)cc1Cl. The Morgan fingerprint density at radius 3 is 2.34 bits per heavy atom. The topological polar surface area (TPSA) is 64.6 Å². The van der Waals surface area contributed by atoms with Crippen LogP contribution >= 0.6 is 11.6 Å².